The minimum absolute atomic E-state index is 0.0264. The normalized spacial score (nSPS) is 13.4. The van der Waals surface area contributed by atoms with Gasteiger partial charge in [-0.1, -0.05) is 49.2 Å². The molecule has 0 amide bonds. The van der Waals surface area contributed by atoms with Crippen molar-refractivity contribution in [2.75, 3.05) is 26.3 Å². The topological polar surface area (TPSA) is 49.0 Å². The lowest BCUT2D eigenvalue weighted by atomic mass is 10.1. The molecule has 1 N–H and O–H groups in total. The van der Waals surface area contributed by atoms with Crippen molar-refractivity contribution in [3.63, 3.8) is 0 Å². The molecule has 0 aliphatic heterocycles. The number of rotatable bonds is 22. The minimum Gasteiger partial charge on any atom is -0.544 e. The molecule has 0 spiro atoms. The highest BCUT2D eigenvalue weighted by atomic mass is 28.4. The maximum Gasteiger partial charge on any atom is 0.242 e. The maximum absolute atomic E-state index is 6.69. The van der Waals surface area contributed by atoms with E-state index in [0.717, 1.165) is 56.9 Å². The van der Waals surface area contributed by atoms with Crippen LogP contribution in [0.2, 0.25) is 58.9 Å². The van der Waals surface area contributed by atoms with Crippen molar-refractivity contribution in [2.45, 2.75) is 117 Å². The van der Waals surface area contributed by atoms with Crippen LogP contribution in [-0.2, 0) is 26.6 Å². The number of unbranched alkanes of at least 4 members (excludes halogenated alkanes) is 4. The van der Waals surface area contributed by atoms with Crippen LogP contribution >= 0.6 is 0 Å². The summed E-state index contributed by atoms with van der Waals surface area (Å²) in [6.07, 6.45) is 8.28. The van der Waals surface area contributed by atoms with E-state index in [4.69, 9.17) is 18.0 Å². The smallest absolute Gasteiger partial charge is 0.242 e. The fourth-order valence-corrected chi connectivity index (χ4v) is 7.13. The van der Waals surface area contributed by atoms with Crippen molar-refractivity contribution in [2.24, 2.45) is 0 Å². The van der Waals surface area contributed by atoms with Crippen LogP contribution in [-0.4, -0.2) is 51.3 Å². The van der Waals surface area contributed by atoms with Crippen LogP contribution in [0.15, 0.2) is 48.5 Å². The highest BCUT2D eigenvalue weighted by Crippen LogP contribution is 2.30. The van der Waals surface area contributed by atoms with Gasteiger partial charge in [0, 0.05) is 25.3 Å². The first-order valence-corrected chi connectivity index (χ1v) is 26.4. The molecular weight excluding hydrogens is 571 g/mol. The second-order valence-electron chi connectivity index (χ2n) is 14.4. The molecule has 2 rings (SSSR count). The van der Waals surface area contributed by atoms with Crippen molar-refractivity contribution in [1.82, 2.24) is 5.32 Å². The summed E-state index contributed by atoms with van der Waals surface area (Å²) in [4.78, 5) is 0. The highest BCUT2D eigenvalue weighted by molar-refractivity contribution is 6.70. The van der Waals surface area contributed by atoms with Crippen molar-refractivity contribution in [3.05, 3.63) is 65.2 Å². The Morgan fingerprint density at radius 3 is 2.00 bits per heavy atom. The van der Waals surface area contributed by atoms with Gasteiger partial charge in [0.25, 0.3) is 0 Å². The Bertz CT molecular complexity index is 1000. The van der Waals surface area contributed by atoms with E-state index in [1.165, 1.54) is 36.8 Å². The van der Waals surface area contributed by atoms with Crippen LogP contribution in [0.25, 0.3) is 0 Å². The Hall–Kier alpha value is -1.27. The van der Waals surface area contributed by atoms with Crippen molar-refractivity contribution in [1.29, 1.82) is 0 Å². The van der Waals surface area contributed by atoms with Gasteiger partial charge in [-0.2, -0.15) is 0 Å². The first-order valence-electron chi connectivity index (χ1n) is 16.2. The molecular formula is C34H61NO4Si3. The standard InChI is InChI=1S/C34H61NO4Si3/c1-40(2,3)37-29-32-27-31(22-23-33(32)38-41(4,5)6)34(39-42(7,8)9)28-35-24-16-10-11-17-25-36-26-18-15-21-30-19-13-12-14-20-30/h12-14,19-20,22-23,27,34-35H,10-11,15-18,21,24-26,28-29H2,1-9H3. The van der Waals surface area contributed by atoms with E-state index in [0.29, 0.717) is 6.61 Å². The largest absolute Gasteiger partial charge is 0.544 e. The summed E-state index contributed by atoms with van der Waals surface area (Å²) in [5, 5.41) is 3.69. The van der Waals surface area contributed by atoms with Gasteiger partial charge in [0.15, 0.2) is 16.6 Å². The second-order valence-corrected chi connectivity index (χ2v) is 27.8. The number of hydrogen-bond donors (Lipinski definition) is 1. The Kier molecular flexibility index (Phi) is 16.3. The molecule has 0 saturated carbocycles. The van der Waals surface area contributed by atoms with Crippen molar-refractivity contribution >= 4 is 25.0 Å². The zero-order valence-electron chi connectivity index (χ0n) is 28.3. The molecule has 42 heavy (non-hydrogen) atoms. The van der Waals surface area contributed by atoms with Gasteiger partial charge in [0.2, 0.25) is 8.32 Å². The third kappa shape index (κ3) is 17.8. The molecule has 1 atom stereocenters. The van der Waals surface area contributed by atoms with Gasteiger partial charge in [0.1, 0.15) is 5.75 Å². The monoisotopic (exact) mass is 631 g/mol. The van der Waals surface area contributed by atoms with Gasteiger partial charge in [-0.15, -0.1) is 0 Å². The third-order valence-electron chi connectivity index (χ3n) is 6.60. The van der Waals surface area contributed by atoms with Gasteiger partial charge in [0.05, 0.1) is 12.7 Å². The SMILES string of the molecule is C[Si](C)(C)OCc1cc(C(CNCCCCCCOCCCCc2ccccc2)O[Si](C)(C)C)ccc1O[Si](C)(C)C. The Labute approximate surface area is 261 Å². The fourth-order valence-electron chi connectivity index (χ4n) is 4.61. The number of benzene rings is 2. The quantitative estimate of drug-likeness (QED) is 0.104. The number of aryl methyl sites for hydroxylation is 1. The minimum atomic E-state index is -1.74. The molecule has 0 fully saturated rings. The van der Waals surface area contributed by atoms with E-state index in [1.807, 2.05) is 0 Å². The summed E-state index contributed by atoms with van der Waals surface area (Å²) in [5.74, 6) is 0.965. The number of hydrogen-bond acceptors (Lipinski definition) is 5. The molecule has 0 bridgehead atoms. The lowest BCUT2D eigenvalue weighted by Gasteiger charge is -2.29. The number of ether oxygens (including phenoxy) is 1. The number of nitrogens with one attached hydrogen (secondary N) is 1. The Morgan fingerprint density at radius 1 is 0.690 bits per heavy atom. The zero-order valence-corrected chi connectivity index (χ0v) is 31.3. The van der Waals surface area contributed by atoms with E-state index < -0.39 is 25.0 Å². The molecule has 0 aliphatic rings. The molecule has 0 aliphatic carbocycles. The average Bonchev–Trinajstić information content (AvgIpc) is 2.88. The van der Waals surface area contributed by atoms with Gasteiger partial charge in [-0.05, 0) is 121 Å². The van der Waals surface area contributed by atoms with Crippen molar-refractivity contribution < 1.29 is 18.0 Å². The molecule has 8 heteroatoms. The predicted octanol–water partition coefficient (Wildman–Crippen LogP) is 9.33. The Morgan fingerprint density at radius 2 is 1.36 bits per heavy atom. The van der Waals surface area contributed by atoms with Crippen LogP contribution in [0.4, 0.5) is 0 Å². The highest BCUT2D eigenvalue weighted by Gasteiger charge is 2.25. The molecule has 0 radical (unpaired) electrons. The molecule has 1 unspecified atom stereocenters. The summed E-state index contributed by atoms with van der Waals surface area (Å²) in [5.41, 5.74) is 3.77. The first kappa shape index (κ1) is 36.9. The van der Waals surface area contributed by atoms with Gasteiger partial charge in [-0.25, -0.2) is 0 Å². The van der Waals surface area contributed by atoms with E-state index in [2.05, 4.69) is 113 Å². The van der Waals surface area contributed by atoms with Crippen LogP contribution in [0.5, 0.6) is 5.75 Å². The Balaban J connectivity index is 1.75. The van der Waals surface area contributed by atoms with Crippen LogP contribution in [0.3, 0.4) is 0 Å². The summed E-state index contributed by atoms with van der Waals surface area (Å²) < 4.78 is 25.3. The summed E-state index contributed by atoms with van der Waals surface area (Å²) in [6, 6.07) is 17.3. The van der Waals surface area contributed by atoms with Crippen LogP contribution in [0.1, 0.15) is 61.3 Å². The van der Waals surface area contributed by atoms with Crippen LogP contribution in [0, 0.1) is 0 Å². The lowest BCUT2D eigenvalue weighted by Crippen LogP contribution is -2.34. The third-order valence-corrected chi connectivity index (χ3v) is 9.43. The zero-order chi connectivity index (χ0) is 31.1. The molecule has 0 saturated heterocycles. The maximum atomic E-state index is 6.69. The molecule has 0 heterocycles. The summed E-state index contributed by atoms with van der Waals surface area (Å²) in [7, 11) is -5.14. The van der Waals surface area contributed by atoms with Gasteiger partial charge >= 0.3 is 0 Å². The van der Waals surface area contributed by atoms with Crippen molar-refractivity contribution in [3.8, 4) is 5.75 Å². The fraction of sp³-hybridized carbons (Fsp3) is 0.647. The van der Waals surface area contributed by atoms with Gasteiger partial charge < -0.3 is 23.3 Å². The van der Waals surface area contributed by atoms with E-state index >= 15 is 0 Å². The molecule has 238 valence electrons. The average molecular weight is 632 g/mol. The molecule has 2 aromatic rings. The van der Waals surface area contributed by atoms with E-state index in [9.17, 15) is 0 Å². The predicted molar refractivity (Wildman–Crippen MR) is 187 cm³/mol. The molecule has 0 aromatic heterocycles. The first-order chi connectivity index (χ1) is 19.7. The van der Waals surface area contributed by atoms with Crippen LogP contribution < -0.4 is 9.74 Å². The molecule has 5 nitrogen and oxygen atoms in total. The summed E-state index contributed by atoms with van der Waals surface area (Å²) >= 11 is 0. The molecule has 2 aromatic carbocycles. The lowest BCUT2D eigenvalue weighted by molar-refractivity contribution is 0.126. The van der Waals surface area contributed by atoms with E-state index in [1.54, 1.807) is 0 Å². The second kappa shape index (κ2) is 18.5. The van der Waals surface area contributed by atoms with Gasteiger partial charge in [-0.3, -0.25) is 0 Å². The summed E-state index contributed by atoms with van der Waals surface area (Å²) in [6.45, 7) is 24.4. The van der Waals surface area contributed by atoms with E-state index in [-0.39, 0.29) is 6.10 Å².